The zero-order valence-electron chi connectivity index (χ0n) is 10.5. The number of Topliss-reactive ketones (excluding diaryl/α,β-unsaturated/α-hetero) is 1. The molecule has 17 heavy (non-hydrogen) atoms. The average molecular weight is 342 g/mol. The Kier molecular flexibility index (Phi) is 3.91. The van der Waals surface area contributed by atoms with Crippen LogP contribution in [0.2, 0.25) is 0 Å². The highest BCUT2D eigenvalue weighted by molar-refractivity contribution is 14.1. The predicted molar refractivity (Wildman–Crippen MR) is 79.2 cm³/mol. The van der Waals surface area contributed by atoms with Gasteiger partial charge in [0.1, 0.15) is 0 Å². The van der Waals surface area contributed by atoms with Crippen LogP contribution in [0.15, 0.2) is 24.3 Å². The van der Waals surface area contributed by atoms with Gasteiger partial charge in [-0.1, -0.05) is 38.8 Å². The zero-order chi connectivity index (χ0) is 12.5. The highest BCUT2D eigenvalue weighted by atomic mass is 127. The Balaban J connectivity index is 2.21. The first-order valence-electron chi connectivity index (χ1n) is 6.30. The third-order valence-corrected chi connectivity index (χ3v) is 4.67. The molecule has 1 atom stereocenters. The van der Waals surface area contributed by atoms with Crippen LogP contribution in [-0.2, 0) is 0 Å². The molecule has 2 rings (SSSR count). The lowest BCUT2D eigenvalue weighted by atomic mass is 9.66. The summed E-state index contributed by atoms with van der Waals surface area (Å²) in [7, 11) is 0. The third kappa shape index (κ3) is 2.90. The Morgan fingerprint density at radius 1 is 1.24 bits per heavy atom. The molecule has 1 aromatic carbocycles. The molecule has 0 saturated heterocycles. The minimum absolute atomic E-state index is 0.165. The molecule has 0 amide bonds. The Bertz CT molecular complexity index is 405. The van der Waals surface area contributed by atoms with E-state index in [2.05, 4.69) is 36.4 Å². The summed E-state index contributed by atoms with van der Waals surface area (Å²) >= 11 is 2.27. The van der Waals surface area contributed by atoms with Crippen molar-refractivity contribution in [1.82, 2.24) is 0 Å². The van der Waals surface area contributed by atoms with Crippen molar-refractivity contribution >= 4 is 28.4 Å². The van der Waals surface area contributed by atoms with Crippen molar-refractivity contribution in [3.05, 3.63) is 33.4 Å². The van der Waals surface area contributed by atoms with Crippen molar-refractivity contribution < 1.29 is 4.79 Å². The van der Waals surface area contributed by atoms with Gasteiger partial charge in [0.2, 0.25) is 0 Å². The number of rotatable bonds is 2. The largest absolute Gasteiger partial charge is 0.294 e. The van der Waals surface area contributed by atoms with Gasteiger partial charge in [-0.15, -0.1) is 0 Å². The number of hydrogen-bond donors (Lipinski definition) is 0. The van der Waals surface area contributed by atoms with E-state index < -0.39 is 0 Å². The minimum atomic E-state index is 0.165. The van der Waals surface area contributed by atoms with E-state index in [0.717, 1.165) is 12.0 Å². The van der Waals surface area contributed by atoms with Crippen molar-refractivity contribution in [2.24, 2.45) is 11.3 Å². The monoisotopic (exact) mass is 342 g/mol. The topological polar surface area (TPSA) is 17.1 Å². The van der Waals surface area contributed by atoms with E-state index in [0.29, 0.717) is 5.78 Å². The van der Waals surface area contributed by atoms with Crippen LogP contribution in [0.1, 0.15) is 49.9 Å². The molecule has 1 aromatic rings. The van der Waals surface area contributed by atoms with Gasteiger partial charge in [-0.05, 0) is 53.0 Å². The first-order chi connectivity index (χ1) is 8.00. The van der Waals surface area contributed by atoms with Crippen LogP contribution in [0.25, 0.3) is 0 Å². The molecular weight excluding hydrogens is 323 g/mol. The average Bonchev–Trinajstić information content (AvgIpc) is 2.28. The van der Waals surface area contributed by atoms with Crippen LogP contribution < -0.4 is 0 Å². The Morgan fingerprint density at radius 2 is 1.88 bits per heavy atom. The zero-order valence-corrected chi connectivity index (χ0v) is 12.7. The summed E-state index contributed by atoms with van der Waals surface area (Å²) in [6.45, 7) is 4.48. The SMILES string of the molecule is CC1(C)CCCCC1C(=O)c1ccc(I)cc1. The second kappa shape index (κ2) is 5.09. The van der Waals surface area contributed by atoms with E-state index in [9.17, 15) is 4.79 Å². The van der Waals surface area contributed by atoms with Crippen LogP contribution in [-0.4, -0.2) is 5.78 Å². The molecule has 1 saturated carbocycles. The lowest BCUT2D eigenvalue weighted by Gasteiger charge is -2.37. The van der Waals surface area contributed by atoms with Crippen LogP contribution in [0.4, 0.5) is 0 Å². The summed E-state index contributed by atoms with van der Waals surface area (Å²) in [5.41, 5.74) is 1.05. The van der Waals surface area contributed by atoms with Crippen LogP contribution in [0, 0.1) is 14.9 Å². The molecule has 0 radical (unpaired) electrons. The molecule has 0 heterocycles. The van der Waals surface area contributed by atoms with E-state index in [1.165, 1.54) is 22.8 Å². The number of carbonyl (C=O) groups is 1. The summed E-state index contributed by atoms with van der Waals surface area (Å²) in [4.78, 5) is 12.5. The maximum Gasteiger partial charge on any atom is 0.166 e. The minimum Gasteiger partial charge on any atom is -0.294 e. The predicted octanol–water partition coefficient (Wildman–Crippen LogP) is 4.69. The van der Waals surface area contributed by atoms with Gasteiger partial charge in [0, 0.05) is 15.1 Å². The summed E-state index contributed by atoms with van der Waals surface area (Å²) in [5.74, 6) is 0.544. The molecule has 2 heteroatoms. The first-order valence-corrected chi connectivity index (χ1v) is 7.38. The van der Waals surface area contributed by atoms with Gasteiger partial charge in [-0.25, -0.2) is 0 Å². The van der Waals surface area contributed by atoms with Gasteiger partial charge >= 0.3 is 0 Å². The number of benzene rings is 1. The molecule has 1 aliphatic rings. The lowest BCUT2D eigenvalue weighted by Crippen LogP contribution is -2.34. The molecule has 1 nitrogen and oxygen atoms in total. The second-order valence-corrected chi connectivity index (χ2v) is 6.90. The normalized spacial score (nSPS) is 23.4. The quantitative estimate of drug-likeness (QED) is 0.563. The summed E-state index contributed by atoms with van der Waals surface area (Å²) in [6.07, 6.45) is 4.69. The second-order valence-electron chi connectivity index (χ2n) is 5.66. The van der Waals surface area contributed by atoms with Crippen molar-refractivity contribution in [3.63, 3.8) is 0 Å². The lowest BCUT2D eigenvalue weighted by molar-refractivity contribution is 0.0697. The highest BCUT2D eigenvalue weighted by Gasteiger charge is 2.37. The molecular formula is C15H19IO. The van der Waals surface area contributed by atoms with Crippen LogP contribution in [0.3, 0.4) is 0 Å². The third-order valence-electron chi connectivity index (χ3n) is 3.95. The first kappa shape index (κ1) is 13.1. The number of halogens is 1. The van der Waals surface area contributed by atoms with Crippen LogP contribution >= 0.6 is 22.6 Å². The fourth-order valence-corrected chi connectivity index (χ4v) is 3.15. The van der Waals surface area contributed by atoms with E-state index in [1.54, 1.807) is 0 Å². The Morgan fingerprint density at radius 3 is 2.47 bits per heavy atom. The van der Waals surface area contributed by atoms with E-state index >= 15 is 0 Å². The van der Waals surface area contributed by atoms with Gasteiger partial charge in [0.25, 0.3) is 0 Å². The van der Waals surface area contributed by atoms with Crippen molar-refractivity contribution in [3.8, 4) is 0 Å². The molecule has 0 spiro atoms. The maximum absolute atomic E-state index is 12.5. The highest BCUT2D eigenvalue weighted by Crippen LogP contribution is 2.42. The fraction of sp³-hybridized carbons (Fsp3) is 0.533. The van der Waals surface area contributed by atoms with Gasteiger partial charge in [0.15, 0.2) is 5.78 Å². The molecule has 1 unspecified atom stereocenters. The van der Waals surface area contributed by atoms with Gasteiger partial charge in [0.05, 0.1) is 0 Å². The Hall–Kier alpha value is -0.380. The van der Waals surface area contributed by atoms with E-state index in [4.69, 9.17) is 0 Å². The van der Waals surface area contributed by atoms with E-state index in [1.807, 2.05) is 24.3 Å². The molecule has 92 valence electrons. The number of ketones is 1. The standard InChI is InChI=1S/C15H19IO/c1-15(2)10-4-3-5-13(15)14(17)11-6-8-12(16)9-7-11/h6-9,13H,3-5,10H2,1-2H3. The summed E-state index contributed by atoms with van der Waals surface area (Å²) in [6, 6.07) is 7.97. The van der Waals surface area contributed by atoms with Crippen molar-refractivity contribution in [2.75, 3.05) is 0 Å². The summed E-state index contributed by atoms with van der Waals surface area (Å²) < 4.78 is 1.18. The number of hydrogen-bond acceptors (Lipinski definition) is 1. The molecule has 0 N–H and O–H groups in total. The molecule has 0 bridgehead atoms. The van der Waals surface area contributed by atoms with Crippen molar-refractivity contribution in [2.45, 2.75) is 39.5 Å². The molecule has 1 fully saturated rings. The molecule has 0 aromatic heterocycles. The number of carbonyl (C=O) groups excluding carboxylic acids is 1. The van der Waals surface area contributed by atoms with Gasteiger partial charge < -0.3 is 0 Å². The fourth-order valence-electron chi connectivity index (χ4n) is 2.80. The molecule has 0 aliphatic heterocycles. The smallest absolute Gasteiger partial charge is 0.166 e. The van der Waals surface area contributed by atoms with Crippen molar-refractivity contribution in [1.29, 1.82) is 0 Å². The Labute approximate surface area is 117 Å². The van der Waals surface area contributed by atoms with Crippen LogP contribution in [0.5, 0.6) is 0 Å². The molecule has 1 aliphatic carbocycles. The van der Waals surface area contributed by atoms with Gasteiger partial charge in [-0.3, -0.25) is 4.79 Å². The summed E-state index contributed by atoms with van der Waals surface area (Å²) in [5, 5.41) is 0. The van der Waals surface area contributed by atoms with Gasteiger partial charge in [-0.2, -0.15) is 0 Å². The maximum atomic E-state index is 12.5. The van der Waals surface area contributed by atoms with E-state index in [-0.39, 0.29) is 11.3 Å².